The molecule has 0 unspecified atom stereocenters. The van der Waals surface area contributed by atoms with Crippen molar-refractivity contribution in [2.45, 2.75) is 13.0 Å². The van der Waals surface area contributed by atoms with Crippen molar-refractivity contribution in [3.8, 4) is 5.75 Å². The molecule has 1 saturated heterocycles. The van der Waals surface area contributed by atoms with Crippen LogP contribution in [0.25, 0.3) is 0 Å². The predicted molar refractivity (Wildman–Crippen MR) is 51.6 cm³/mol. The second-order valence-electron chi connectivity index (χ2n) is 3.46. The van der Waals surface area contributed by atoms with Crippen LogP contribution in [0.5, 0.6) is 5.75 Å². The van der Waals surface area contributed by atoms with Gasteiger partial charge < -0.3 is 9.47 Å². The van der Waals surface area contributed by atoms with Crippen molar-refractivity contribution in [1.82, 2.24) is 0 Å². The van der Waals surface area contributed by atoms with Gasteiger partial charge in [-0.05, 0) is 25.1 Å². The van der Waals surface area contributed by atoms with Crippen LogP contribution in [0, 0.1) is 5.82 Å². The minimum absolute atomic E-state index is 0.120. The predicted octanol–water partition coefficient (Wildman–Crippen LogP) is 1.81. The second-order valence-corrected chi connectivity index (χ2v) is 3.46. The molecule has 2 rings (SSSR count). The van der Waals surface area contributed by atoms with Gasteiger partial charge in [0.15, 0.2) is 5.78 Å². The summed E-state index contributed by atoms with van der Waals surface area (Å²) >= 11 is 0. The van der Waals surface area contributed by atoms with Gasteiger partial charge in [0.1, 0.15) is 24.3 Å². The van der Waals surface area contributed by atoms with Crippen LogP contribution in [-0.2, 0) is 4.74 Å². The molecule has 3 nitrogen and oxygen atoms in total. The van der Waals surface area contributed by atoms with E-state index in [9.17, 15) is 9.18 Å². The molecule has 15 heavy (non-hydrogen) atoms. The first kappa shape index (κ1) is 10.1. The zero-order chi connectivity index (χ0) is 10.8. The normalized spacial score (nSPS) is 18.7. The summed E-state index contributed by atoms with van der Waals surface area (Å²) in [6.45, 7) is 2.48. The van der Waals surface area contributed by atoms with Crippen molar-refractivity contribution in [3.63, 3.8) is 0 Å². The van der Waals surface area contributed by atoms with Gasteiger partial charge in [-0.25, -0.2) is 4.39 Å². The third-order valence-corrected chi connectivity index (χ3v) is 2.15. The molecule has 0 aromatic heterocycles. The first-order valence-corrected chi connectivity index (χ1v) is 4.71. The number of rotatable bonds is 4. The highest BCUT2D eigenvalue weighted by Gasteiger charge is 2.23. The van der Waals surface area contributed by atoms with E-state index < -0.39 is 5.82 Å². The minimum Gasteiger partial charge on any atom is -0.490 e. The maximum atomic E-state index is 12.9. The van der Waals surface area contributed by atoms with E-state index in [1.54, 1.807) is 0 Å². The lowest BCUT2D eigenvalue weighted by Gasteiger charge is -2.08. The van der Waals surface area contributed by atoms with Crippen molar-refractivity contribution in [3.05, 3.63) is 29.6 Å². The lowest BCUT2D eigenvalue weighted by atomic mass is 10.1. The molecule has 0 amide bonds. The van der Waals surface area contributed by atoms with Gasteiger partial charge in [0.05, 0.1) is 12.2 Å². The van der Waals surface area contributed by atoms with Gasteiger partial charge in [0.2, 0.25) is 0 Å². The summed E-state index contributed by atoms with van der Waals surface area (Å²) in [5, 5.41) is 0. The van der Waals surface area contributed by atoms with E-state index in [1.807, 2.05) is 0 Å². The topological polar surface area (TPSA) is 38.8 Å². The molecule has 0 radical (unpaired) electrons. The van der Waals surface area contributed by atoms with Crippen LogP contribution in [0.4, 0.5) is 4.39 Å². The Morgan fingerprint density at radius 1 is 1.67 bits per heavy atom. The van der Waals surface area contributed by atoms with Gasteiger partial charge in [0.25, 0.3) is 0 Å². The zero-order valence-electron chi connectivity index (χ0n) is 8.33. The molecule has 4 heteroatoms. The van der Waals surface area contributed by atoms with Crippen molar-refractivity contribution in [2.75, 3.05) is 13.2 Å². The molecule has 0 saturated carbocycles. The molecule has 1 aromatic carbocycles. The van der Waals surface area contributed by atoms with Crippen LogP contribution in [-0.4, -0.2) is 25.1 Å². The Balaban J connectivity index is 2.15. The Morgan fingerprint density at radius 3 is 3.00 bits per heavy atom. The Bertz CT molecular complexity index is 385. The highest BCUT2D eigenvalue weighted by Crippen LogP contribution is 2.21. The SMILES string of the molecule is CC(=O)c1cc(F)ccc1OC[C@H]1CO1. The van der Waals surface area contributed by atoms with Gasteiger partial charge in [-0.2, -0.15) is 0 Å². The third kappa shape index (κ3) is 2.53. The van der Waals surface area contributed by atoms with E-state index in [1.165, 1.54) is 25.1 Å². The van der Waals surface area contributed by atoms with E-state index in [0.29, 0.717) is 19.0 Å². The summed E-state index contributed by atoms with van der Waals surface area (Å²) in [5.74, 6) is -0.226. The number of epoxide rings is 1. The van der Waals surface area contributed by atoms with Crippen LogP contribution in [0.1, 0.15) is 17.3 Å². The third-order valence-electron chi connectivity index (χ3n) is 2.15. The summed E-state index contributed by atoms with van der Waals surface area (Å²) in [6, 6.07) is 3.93. The van der Waals surface area contributed by atoms with Gasteiger partial charge in [0, 0.05) is 0 Å². The molecule has 1 atom stereocenters. The van der Waals surface area contributed by atoms with Crippen LogP contribution in [0.3, 0.4) is 0 Å². The lowest BCUT2D eigenvalue weighted by Crippen LogP contribution is -2.07. The Kier molecular flexibility index (Phi) is 2.68. The summed E-state index contributed by atoms with van der Waals surface area (Å²) in [6.07, 6.45) is 0.120. The molecule has 0 aliphatic carbocycles. The summed E-state index contributed by atoms with van der Waals surface area (Å²) < 4.78 is 23.2. The van der Waals surface area contributed by atoms with Crippen LogP contribution < -0.4 is 4.74 Å². The lowest BCUT2D eigenvalue weighted by molar-refractivity contribution is 0.101. The van der Waals surface area contributed by atoms with Gasteiger partial charge >= 0.3 is 0 Å². The molecule has 80 valence electrons. The monoisotopic (exact) mass is 210 g/mol. The smallest absolute Gasteiger partial charge is 0.163 e. The molecular weight excluding hydrogens is 199 g/mol. The number of carbonyl (C=O) groups is 1. The fourth-order valence-corrected chi connectivity index (χ4v) is 1.25. The van der Waals surface area contributed by atoms with Crippen molar-refractivity contribution < 1.29 is 18.7 Å². The average molecular weight is 210 g/mol. The molecule has 1 fully saturated rings. The zero-order valence-corrected chi connectivity index (χ0v) is 8.33. The van der Waals surface area contributed by atoms with E-state index in [0.717, 1.165) is 0 Å². The minimum atomic E-state index is -0.435. The Labute approximate surface area is 86.8 Å². The maximum Gasteiger partial charge on any atom is 0.163 e. The largest absolute Gasteiger partial charge is 0.490 e. The van der Waals surface area contributed by atoms with Crippen LogP contribution >= 0.6 is 0 Å². The number of ketones is 1. The van der Waals surface area contributed by atoms with Gasteiger partial charge in [-0.15, -0.1) is 0 Å². The molecule has 0 N–H and O–H groups in total. The van der Waals surface area contributed by atoms with Crippen molar-refractivity contribution >= 4 is 5.78 Å². The van der Waals surface area contributed by atoms with Crippen molar-refractivity contribution in [2.24, 2.45) is 0 Å². The van der Waals surface area contributed by atoms with E-state index >= 15 is 0 Å². The van der Waals surface area contributed by atoms with Crippen LogP contribution in [0.15, 0.2) is 18.2 Å². The number of Topliss-reactive ketones (excluding diaryl/α,β-unsaturated/α-hetero) is 1. The molecule has 0 bridgehead atoms. The summed E-state index contributed by atoms with van der Waals surface area (Å²) in [4.78, 5) is 11.2. The molecule has 1 aromatic rings. The number of halogens is 1. The molecule has 1 heterocycles. The highest BCUT2D eigenvalue weighted by molar-refractivity contribution is 5.96. The van der Waals surface area contributed by atoms with Gasteiger partial charge in [-0.3, -0.25) is 4.79 Å². The maximum absolute atomic E-state index is 12.9. The number of hydrogen-bond donors (Lipinski definition) is 0. The number of hydrogen-bond acceptors (Lipinski definition) is 3. The quantitative estimate of drug-likeness (QED) is 0.562. The molecule has 1 aliphatic rings. The number of carbonyl (C=O) groups excluding carboxylic acids is 1. The summed E-state index contributed by atoms with van der Waals surface area (Å²) in [5.41, 5.74) is 0.274. The Morgan fingerprint density at radius 2 is 2.40 bits per heavy atom. The second kappa shape index (κ2) is 3.98. The number of ether oxygens (including phenoxy) is 2. The first-order chi connectivity index (χ1) is 7.16. The van der Waals surface area contributed by atoms with E-state index in [4.69, 9.17) is 9.47 Å². The number of benzene rings is 1. The van der Waals surface area contributed by atoms with E-state index in [-0.39, 0.29) is 17.5 Å². The summed E-state index contributed by atoms with van der Waals surface area (Å²) in [7, 11) is 0. The van der Waals surface area contributed by atoms with Crippen LogP contribution in [0.2, 0.25) is 0 Å². The molecule has 0 spiro atoms. The standard InChI is InChI=1S/C11H11FO3/c1-7(13)10-4-8(12)2-3-11(10)15-6-9-5-14-9/h2-4,9H,5-6H2,1H3/t9-/m1/s1. The molecule has 1 aliphatic heterocycles. The fourth-order valence-electron chi connectivity index (χ4n) is 1.25. The highest BCUT2D eigenvalue weighted by atomic mass is 19.1. The molecular formula is C11H11FO3. The van der Waals surface area contributed by atoms with Gasteiger partial charge in [-0.1, -0.05) is 0 Å². The average Bonchev–Trinajstić information content (AvgIpc) is 2.99. The van der Waals surface area contributed by atoms with E-state index in [2.05, 4.69) is 0 Å². The van der Waals surface area contributed by atoms with Crippen molar-refractivity contribution in [1.29, 1.82) is 0 Å². The fraction of sp³-hybridized carbons (Fsp3) is 0.364. The Hall–Kier alpha value is -1.42. The first-order valence-electron chi connectivity index (χ1n) is 4.71.